The number of aliphatic hydroxyl groups excluding tert-OH is 1. The van der Waals surface area contributed by atoms with Gasteiger partial charge < -0.3 is 20.2 Å². The molecule has 0 fully saturated rings. The summed E-state index contributed by atoms with van der Waals surface area (Å²) >= 11 is 0. The smallest absolute Gasteiger partial charge is 0.268 e. The number of phenolic OH excluding ortho intramolecular Hbond substituents is 2. The number of aliphatic hydroxyl groups is 1. The topological polar surface area (TPSA) is 92.1 Å². The minimum atomic E-state index is -0.848. The van der Waals surface area contributed by atoms with Crippen LogP contribution in [-0.4, -0.2) is 21.4 Å². The molecular formula is C26H19N3O3. The van der Waals surface area contributed by atoms with Crippen LogP contribution >= 0.6 is 0 Å². The molecule has 0 spiro atoms. The van der Waals surface area contributed by atoms with Crippen molar-refractivity contribution < 1.29 is 15.3 Å². The van der Waals surface area contributed by atoms with Gasteiger partial charge in [0.05, 0.1) is 18.2 Å². The van der Waals surface area contributed by atoms with Crippen LogP contribution in [0.1, 0.15) is 11.1 Å². The highest BCUT2D eigenvalue weighted by atomic mass is 16.3. The van der Waals surface area contributed by atoms with Crippen molar-refractivity contribution in [3.63, 3.8) is 0 Å². The van der Waals surface area contributed by atoms with E-state index < -0.39 is 6.04 Å². The van der Waals surface area contributed by atoms with Crippen molar-refractivity contribution in [3.8, 4) is 17.6 Å². The van der Waals surface area contributed by atoms with E-state index in [0.29, 0.717) is 5.56 Å². The maximum absolute atomic E-state index is 11.2. The molecule has 3 aromatic carbocycles. The fourth-order valence-electron chi connectivity index (χ4n) is 4.01. The lowest BCUT2D eigenvalue weighted by Crippen LogP contribution is -2.42. The molecule has 6 heteroatoms. The zero-order valence-electron chi connectivity index (χ0n) is 17.2. The van der Waals surface area contributed by atoms with Crippen LogP contribution in [0.4, 0.5) is 11.4 Å². The van der Waals surface area contributed by atoms with Crippen LogP contribution in [-0.2, 0) is 0 Å². The number of hydrogen-bond acceptors (Lipinski definition) is 5. The van der Waals surface area contributed by atoms with Crippen molar-refractivity contribution in [2.24, 2.45) is 0 Å². The monoisotopic (exact) mass is 421 g/mol. The SMILES string of the molecule is [C-]#[N+]/C(C#N)=C1/C(c2c(O)cc(C)cc2O)=C(O)C1N(c1ccccc1)c1ccccc1. The predicted octanol–water partition coefficient (Wildman–Crippen LogP) is 5.59. The summed E-state index contributed by atoms with van der Waals surface area (Å²) in [5.74, 6) is -0.639. The van der Waals surface area contributed by atoms with Gasteiger partial charge in [0.15, 0.2) is 0 Å². The summed E-state index contributed by atoms with van der Waals surface area (Å²) in [6, 6.07) is 22.6. The molecule has 0 aliphatic heterocycles. The predicted molar refractivity (Wildman–Crippen MR) is 122 cm³/mol. The second-order valence-electron chi connectivity index (χ2n) is 7.37. The summed E-state index contributed by atoms with van der Waals surface area (Å²) in [5, 5.41) is 41.9. The third-order valence-corrected chi connectivity index (χ3v) is 5.35. The van der Waals surface area contributed by atoms with E-state index in [2.05, 4.69) is 4.85 Å². The molecule has 0 aromatic heterocycles. The molecular weight excluding hydrogens is 402 g/mol. The summed E-state index contributed by atoms with van der Waals surface area (Å²) in [7, 11) is 0. The Morgan fingerprint density at radius 1 is 0.938 bits per heavy atom. The molecule has 156 valence electrons. The van der Waals surface area contributed by atoms with E-state index in [1.165, 1.54) is 12.1 Å². The number of hydrogen-bond donors (Lipinski definition) is 3. The van der Waals surface area contributed by atoms with Crippen molar-refractivity contribution in [2.75, 3.05) is 4.90 Å². The van der Waals surface area contributed by atoms with Crippen molar-refractivity contribution in [1.82, 2.24) is 0 Å². The molecule has 3 aromatic rings. The van der Waals surface area contributed by atoms with E-state index in [4.69, 9.17) is 6.57 Å². The molecule has 0 amide bonds. The first-order valence-corrected chi connectivity index (χ1v) is 9.85. The maximum atomic E-state index is 11.2. The van der Waals surface area contributed by atoms with E-state index in [0.717, 1.165) is 11.4 Å². The number of nitriles is 1. The van der Waals surface area contributed by atoms with Gasteiger partial charge in [-0.25, -0.2) is 10.1 Å². The van der Waals surface area contributed by atoms with Crippen molar-refractivity contribution >= 4 is 16.9 Å². The quantitative estimate of drug-likeness (QED) is 0.377. The number of anilines is 2. The largest absolute Gasteiger partial charge is 0.509 e. The second kappa shape index (κ2) is 8.22. The first-order chi connectivity index (χ1) is 15.5. The van der Waals surface area contributed by atoms with E-state index in [1.807, 2.05) is 71.6 Å². The van der Waals surface area contributed by atoms with Crippen molar-refractivity contribution in [3.05, 3.63) is 112 Å². The van der Waals surface area contributed by atoms with Gasteiger partial charge >= 0.3 is 0 Å². The fourth-order valence-corrected chi connectivity index (χ4v) is 4.01. The summed E-state index contributed by atoms with van der Waals surface area (Å²) < 4.78 is 0. The maximum Gasteiger partial charge on any atom is 0.268 e. The molecule has 6 nitrogen and oxygen atoms in total. The molecule has 0 saturated heterocycles. The molecule has 1 unspecified atom stereocenters. The normalized spacial score (nSPS) is 16.5. The molecule has 1 aliphatic carbocycles. The Labute approximate surface area is 185 Å². The highest BCUT2D eigenvalue weighted by Crippen LogP contribution is 2.52. The van der Waals surface area contributed by atoms with Crippen molar-refractivity contribution in [2.45, 2.75) is 13.0 Å². The summed E-state index contributed by atoms with van der Waals surface area (Å²) in [4.78, 5) is 5.19. The molecule has 3 N–H and O–H groups in total. The Hall–Kier alpha value is -4.68. The summed E-state index contributed by atoms with van der Waals surface area (Å²) in [6.45, 7) is 9.24. The van der Waals surface area contributed by atoms with Gasteiger partial charge in [0, 0.05) is 22.5 Å². The molecule has 0 heterocycles. The minimum absolute atomic E-state index is 0.00294. The zero-order valence-corrected chi connectivity index (χ0v) is 17.2. The van der Waals surface area contributed by atoms with Crippen LogP contribution in [0.5, 0.6) is 11.5 Å². The van der Waals surface area contributed by atoms with E-state index in [-0.39, 0.29) is 39.7 Å². The highest BCUT2D eigenvalue weighted by molar-refractivity contribution is 5.98. The van der Waals surface area contributed by atoms with Crippen LogP contribution in [0.25, 0.3) is 10.4 Å². The number of para-hydroxylation sites is 2. The van der Waals surface area contributed by atoms with E-state index in [1.54, 1.807) is 6.92 Å². The Morgan fingerprint density at radius 3 is 1.88 bits per heavy atom. The lowest BCUT2D eigenvalue weighted by atomic mass is 9.76. The minimum Gasteiger partial charge on any atom is -0.509 e. The second-order valence-corrected chi connectivity index (χ2v) is 7.37. The lowest BCUT2D eigenvalue weighted by Gasteiger charge is -2.43. The number of benzene rings is 3. The molecule has 0 saturated carbocycles. The van der Waals surface area contributed by atoms with Crippen LogP contribution < -0.4 is 4.90 Å². The van der Waals surface area contributed by atoms with Gasteiger partial charge in [-0.05, 0) is 48.9 Å². The van der Waals surface area contributed by atoms with Crippen LogP contribution in [0.3, 0.4) is 0 Å². The van der Waals surface area contributed by atoms with Gasteiger partial charge in [-0.1, -0.05) is 36.4 Å². The number of nitrogens with zero attached hydrogens (tertiary/aromatic N) is 3. The number of allylic oxidation sites excluding steroid dienone is 1. The van der Waals surface area contributed by atoms with Gasteiger partial charge in [0.1, 0.15) is 23.3 Å². The van der Waals surface area contributed by atoms with Crippen LogP contribution in [0.2, 0.25) is 0 Å². The van der Waals surface area contributed by atoms with Gasteiger partial charge in [0.25, 0.3) is 5.70 Å². The standard InChI is InChI=1S/C26H19N3O3/c1-16-13-20(30)23(21(31)14-16)24-22(19(15-27)28-2)25(26(24)32)29(17-9-5-3-6-10-17)18-11-7-4-8-12-18/h3-14,25,30-32H,1H3/b22-19-. The third-order valence-electron chi connectivity index (χ3n) is 5.35. The van der Waals surface area contributed by atoms with Gasteiger partial charge in [-0.2, -0.15) is 0 Å². The number of phenols is 2. The van der Waals surface area contributed by atoms with E-state index >= 15 is 0 Å². The Bertz CT molecular complexity index is 1250. The molecule has 4 rings (SSSR count). The molecule has 1 atom stereocenters. The third kappa shape index (κ3) is 3.30. The first-order valence-electron chi connectivity index (χ1n) is 9.85. The Morgan fingerprint density at radius 2 is 1.44 bits per heavy atom. The van der Waals surface area contributed by atoms with Crippen LogP contribution in [0, 0.1) is 24.8 Å². The number of aromatic hydroxyl groups is 2. The Kier molecular flexibility index (Phi) is 5.29. The number of aryl methyl sites for hydroxylation is 1. The highest BCUT2D eigenvalue weighted by Gasteiger charge is 2.45. The average Bonchev–Trinajstić information content (AvgIpc) is 2.80. The molecule has 0 radical (unpaired) electrons. The van der Waals surface area contributed by atoms with Gasteiger partial charge in [-0.3, -0.25) is 0 Å². The average molecular weight is 421 g/mol. The molecule has 32 heavy (non-hydrogen) atoms. The molecule has 0 bridgehead atoms. The fraction of sp³-hybridized carbons (Fsp3) is 0.0769. The summed E-state index contributed by atoms with van der Waals surface area (Å²) in [5.41, 5.74) is 2.22. The summed E-state index contributed by atoms with van der Waals surface area (Å²) in [6.07, 6.45) is 0. The number of rotatable bonds is 4. The van der Waals surface area contributed by atoms with E-state index in [9.17, 15) is 20.6 Å². The van der Waals surface area contributed by atoms with Crippen LogP contribution in [0.15, 0.2) is 89.8 Å². The first kappa shape index (κ1) is 20.6. The zero-order chi connectivity index (χ0) is 22.8. The van der Waals surface area contributed by atoms with Crippen molar-refractivity contribution in [1.29, 1.82) is 5.26 Å². The Balaban J connectivity index is 2.00. The lowest BCUT2D eigenvalue weighted by molar-refractivity contribution is 0.365. The van der Waals surface area contributed by atoms with Gasteiger partial charge in [0.2, 0.25) is 0 Å². The van der Waals surface area contributed by atoms with Gasteiger partial charge in [-0.15, -0.1) is 0 Å². The molecule has 1 aliphatic rings.